The number of hydrogen-bond donors (Lipinski definition) is 0. The molecule has 0 fully saturated rings. The number of aromatic nitrogens is 1. The van der Waals surface area contributed by atoms with Crippen molar-refractivity contribution in [3.8, 4) is 11.7 Å². The van der Waals surface area contributed by atoms with Gasteiger partial charge >= 0.3 is 0 Å². The van der Waals surface area contributed by atoms with Crippen molar-refractivity contribution in [1.29, 1.82) is 0 Å². The van der Waals surface area contributed by atoms with Gasteiger partial charge < -0.3 is 13.7 Å². The molecular formula is C21H17FN2O4S. The highest BCUT2D eigenvalue weighted by Gasteiger charge is 2.31. The van der Waals surface area contributed by atoms with Gasteiger partial charge in [-0.1, -0.05) is 30.3 Å². The second kappa shape index (κ2) is 7.56. The summed E-state index contributed by atoms with van der Waals surface area (Å²) >= 11 is 0. The van der Waals surface area contributed by atoms with E-state index >= 15 is 0 Å². The lowest BCUT2D eigenvalue weighted by atomic mass is 10.2. The largest absolute Gasteiger partial charge is 0.459 e. The quantitative estimate of drug-likeness (QED) is 0.433. The van der Waals surface area contributed by atoms with Crippen molar-refractivity contribution in [2.24, 2.45) is 0 Å². The average molecular weight is 412 g/mol. The van der Waals surface area contributed by atoms with Crippen molar-refractivity contribution in [2.45, 2.75) is 16.5 Å². The monoisotopic (exact) mass is 412 g/mol. The summed E-state index contributed by atoms with van der Waals surface area (Å²) in [6.07, 6.45) is 1.45. The molecule has 29 heavy (non-hydrogen) atoms. The van der Waals surface area contributed by atoms with Crippen molar-refractivity contribution >= 4 is 15.7 Å². The molecular weight excluding hydrogens is 395 g/mol. The molecule has 0 aliphatic heterocycles. The minimum atomic E-state index is -4.05. The standard InChI is InChI=1S/C21H17FN2O4S/c1-24(14-15-6-3-2-4-7-15)21-20(23-19(28-21)18-8-5-13-27-18)29(25,26)17-11-9-16(22)10-12-17/h2-13H,14H2,1H3. The molecule has 0 aliphatic carbocycles. The molecule has 4 rings (SSSR count). The molecule has 0 aliphatic rings. The Morgan fingerprint density at radius 2 is 1.72 bits per heavy atom. The fourth-order valence-electron chi connectivity index (χ4n) is 2.87. The number of nitrogens with zero attached hydrogens (tertiary/aromatic N) is 2. The topological polar surface area (TPSA) is 76.6 Å². The molecule has 0 radical (unpaired) electrons. The number of furan rings is 1. The van der Waals surface area contributed by atoms with Crippen LogP contribution in [0.5, 0.6) is 0 Å². The van der Waals surface area contributed by atoms with Gasteiger partial charge in [-0.25, -0.2) is 12.8 Å². The third-order valence-corrected chi connectivity index (χ3v) is 5.97. The van der Waals surface area contributed by atoms with E-state index in [1.54, 1.807) is 24.1 Å². The average Bonchev–Trinajstić information content (AvgIpc) is 3.39. The maximum absolute atomic E-state index is 13.3. The summed E-state index contributed by atoms with van der Waals surface area (Å²) in [6.45, 7) is 0.402. The van der Waals surface area contributed by atoms with Gasteiger partial charge in [0.25, 0.3) is 5.89 Å². The summed E-state index contributed by atoms with van der Waals surface area (Å²) in [5.74, 6) is -0.100. The first kappa shape index (κ1) is 18.9. The Labute approximate surface area is 167 Å². The molecule has 0 atom stereocenters. The van der Waals surface area contributed by atoms with Gasteiger partial charge in [0.2, 0.25) is 20.7 Å². The Balaban J connectivity index is 1.80. The van der Waals surface area contributed by atoms with Crippen molar-refractivity contribution in [1.82, 2.24) is 4.98 Å². The summed E-state index contributed by atoms with van der Waals surface area (Å²) in [5, 5.41) is -0.256. The van der Waals surface area contributed by atoms with Gasteiger partial charge in [-0.15, -0.1) is 0 Å². The Bertz CT molecular complexity index is 1200. The first-order valence-corrected chi connectivity index (χ1v) is 10.2. The molecule has 8 heteroatoms. The Morgan fingerprint density at radius 3 is 2.38 bits per heavy atom. The van der Waals surface area contributed by atoms with Crippen LogP contribution >= 0.6 is 0 Å². The number of oxazole rings is 1. The lowest BCUT2D eigenvalue weighted by Crippen LogP contribution is -2.18. The minimum Gasteiger partial charge on any atom is -0.459 e. The maximum atomic E-state index is 13.3. The zero-order chi connectivity index (χ0) is 20.4. The van der Waals surface area contributed by atoms with Crippen molar-refractivity contribution < 1.29 is 21.6 Å². The summed E-state index contributed by atoms with van der Waals surface area (Å²) in [4.78, 5) is 5.78. The van der Waals surface area contributed by atoms with Crippen LogP contribution in [0.15, 0.2) is 91.7 Å². The first-order valence-electron chi connectivity index (χ1n) is 8.75. The first-order chi connectivity index (χ1) is 13.9. The SMILES string of the molecule is CN(Cc1ccccc1)c1oc(-c2ccco2)nc1S(=O)(=O)c1ccc(F)cc1. The van der Waals surface area contributed by atoms with Gasteiger partial charge in [-0.05, 0) is 42.0 Å². The fourth-order valence-corrected chi connectivity index (χ4v) is 4.22. The van der Waals surface area contributed by atoms with Gasteiger partial charge in [-0.2, -0.15) is 4.98 Å². The Morgan fingerprint density at radius 1 is 1.00 bits per heavy atom. The lowest BCUT2D eigenvalue weighted by molar-refractivity contribution is 0.512. The van der Waals surface area contributed by atoms with E-state index in [2.05, 4.69) is 4.98 Å². The third-order valence-electron chi connectivity index (χ3n) is 4.30. The summed E-state index contributed by atoms with van der Waals surface area (Å²) < 4.78 is 50.8. The van der Waals surface area contributed by atoms with E-state index in [0.717, 1.165) is 17.7 Å². The van der Waals surface area contributed by atoms with Crippen LogP contribution in [-0.4, -0.2) is 20.4 Å². The molecule has 0 saturated carbocycles. The fraction of sp³-hybridized carbons (Fsp3) is 0.0952. The van der Waals surface area contributed by atoms with Crippen LogP contribution in [0.3, 0.4) is 0 Å². The highest BCUT2D eigenvalue weighted by molar-refractivity contribution is 7.91. The van der Waals surface area contributed by atoms with E-state index in [1.165, 1.54) is 18.4 Å². The van der Waals surface area contributed by atoms with Gasteiger partial charge in [0, 0.05) is 13.6 Å². The molecule has 148 valence electrons. The van der Waals surface area contributed by atoms with Gasteiger partial charge in [-0.3, -0.25) is 0 Å². The number of hydrogen-bond acceptors (Lipinski definition) is 6. The van der Waals surface area contributed by atoms with E-state index in [4.69, 9.17) is 8.83 Å². The summed E-state index contributed by atoms with van der Waals surface area (Å²) in [7, 11) is -2.34. The predicted molar refractivity (Wildman–Crippen MR) is 105 cm³/mol. The lowest BCUT2D eigenvalue weighted by Gasteiger charge is -2.17. The Hall–Kier alpha value is -3.39. The zero-order valence-electron chi connectivity index (χ0n) is 15.4. The predicted octanol–water partition coefficient (Wildman–Crippen LogP) is 4.54. The molecule has 0 spiro atoms. The summed E-state index contributed by atoms with van der Waals surface area (Å²) in [6, 6.07) is 17.4. The van der Waals surface area contributed by atoms with E-state index in [0.29, 0.717) is 12.3 Å². The maximum Gasteiger partial charge on any atom is 0.266 e. The minimum absolute atomic E-state index is 0.0469. The molecule has 2 aromatic carbocycles. The number of rotatable bonds is 6. The molecule has 0 bridgehead atoms. The number of halogens is 1. The van der Waals surface area contributed by atoms with E-state index in [1.807, 2.05) is 30.3 Å². The second-order valence-corrected chi connectivity index (χ2v) is 8.27. The van der Waals surface area contributed by atoms with E-state index < -0.39 is 15.7 Å². The molecule has 0 amide bonds. The number of benzene rings is 2. The molecule has 0 unspecified atom stereocenters. The van der Waals surface area contributed by atoms with Gasteiger partial charge in [0.05, 0.1) is 11.2 Å². The van der Waals surface area contributed by atoms with Crippen LogP contribution in [0.25, 0.3) is 11.7 Å². The molecule has 0 saturated heterocycles. The smallest absolute Gasteiger partial charge is 0.266 e. The van der Waals surface area contributed by atoms with Gasteiger partial charge in [0.15, 0.2) is 5.76 Å². The van der Waals surface area contributed by atoms with Gasteiger partial charge in [0.1, 0.15) is 5.82 Å². The van der Waals surface area contributed by atoms with Crippen LogP contribution in [0.1, 0.15) is 5.56 Å². The number of anilines is 1. The molecule has 6 nitrogen and oxygen atoms in total. The Kier molecular flexibility index (Phi) is 4.94. The van der Waals surface area contributed by atoms with Crippen LogP contribution in [-0.2, 0) is 16.4 Å². The molecule has 4 aromatic rings. The highest BCUT2D eigenvalue weighted by Crippen LogP contribution is 2.34. The third kappa shape index (κ3) is 3.79. The molecule has 2 heterocycles. The normalized spacial score (nSPS) is 11.5. The van der Waals surface area contributed by atoms with Crippen molar-refractivity contribution in [2.75, 3.05) is 11.9 Å². The van der Waals surface area contributed by atoms with Crippen LogP contribution in [0.4, 0.5) is 10.3 Å². The van der Waals surface area contributed by atoms with Crippen LogP contribution in [0.2, 0.25) is 0 Å². The van der Waals surface area contributed by atoms with Crippen LogP contribution in [0, 0.1) is 5.82 Å². The van der Waals surface area contributed by atoms with Crippen molar-refractivity contribution in [3.63, 3.8) is 0 Å². The second-order valence-electron chi connectivity index (χ2n) is 6.41. The molecule has 0 N–H and O–H groups in total. The van der Waals surface area contributed by atoms with E-state index in [-0.39, 0.29) is 21.7 Å². The zero-order valence-corrected chi connectivity index (χ0v) is 16.3. The van der Waals surface area contributed by atoms with Crippen LogP contribution < -0.4 is 4.90 Å². The van der Waals surface area contributed by atoms with Crippen molar-refractivity contribution in [3.05, 3.63) is 84.4 Å². The van der Waals surface area contributed by atoms with E-state index in [9.17, 15) is 12.8 Å². The highest BCUT2D eigenvalue weighted by atomic mass is 32.2. The summed E-state index contributed by atoms with van der Waals surface area (Å²) in [5.41, 5.74) is 0.969. The molecule has 2 aromatic heterocycles. The number of sulfone groups is 1.